The van der Waals surface area contributed by atoms with E-state index in [2.05, 4.69) is 10.3 Å². The first kappa shape index (κ1) is 13.7. The van der Waals surface area contributed by atoms with Gasteiger partial charge in [-0.1, -0.05) is 29.8 Å². The van der Waals surface area contributed by atoms with Crippen molar-refractivity contribution in [2.45, 2.75) is 0 Å². The van der Waals surface area contributed by atoms with Crippen molar-refractivity contribution >= 4 is 66.2 Å². The highest BCUT2D eigenvalue weighted by molar-refractivity contribution is 7.21. The van der Waals surface area contributed by atoms with Crippen LogP contribution in [-0.4, -0.2) is 10.9 Å². The van der Waals surface area contributed by atoms with Crippen LogP contribution < -0.4 is 5.32 Å². The number of rotatable bonds is 2. The van der Waals surface area contributed by atoms with E-state index in [4.69, 9.17) is 11.6 Å². The zero-order valence-electron chi connectivity index (χ0n) is 11.2. The molecule has 0 radical (unpaired) electrons. The highest BCUT2D eigenvalue weighted by Crippen LogP contribution is 2.35. The van der Waals surface area contributed by atoms with Gasteiger partial charge in [0, 0.05) is 15.8 Å². The summed E-state index contributed by atoms with van der Waals surface area (Å²) < 4.78 is 2.10. The van der Waals surface area contributed by atoms with Crippen LogP contribution in [0.5, 0.6) is 0 Å². The van der Waals surface area contributed by atoms with Crippen molar-refractivity contribution in [1.29, 1.82) is 0 Å². The van der Waals surface area contributed by atoms with Crippen molar-refractivity contribution in [3.63, 3.8) is 0 Å². The number of hydrogen-bond donors (Lipinski definition) is 1. The van der Waals surface area contributed by atoms with E-state index in [-0.39, 0.29) is 5.91 Å². The molecular formula is C16H9ClN2OS2. The molecule has 0 fully saturated rings. The average Bonchev–Trinajstić information content (AvgIpc) is 3.12. The number of carbonyl (C=O) groups excluding carboxylic acids is 1. The first-order chi connectivity index (χ1) is 10.7. The van der Waals surface area contributed by atoms with Crippen molar-refractivity contribution in [3.8, 4) is 0 Å². The SMILES string of the molecule is O=C(Nc1ccc2scnc2c1)c1sc2ccccc2c1Cl. The number of nitrogens with zero attached hydrogens (tertiary/aromatic N) is 1. The summed E-state index contributed by atoms with van der Waals surface area (Å²) in [7, 11) is 0. The lowest BCUT2D eigenvalue weighted by atomic mass is 10.2. The molecule has 0 aliphatic heterocycles. The van der Waals surface area contributed by atoms with E-state index in [9.17, 15) is 4.79 Å². The molecule has 0 aliphatic rings. The molecule has 0 aliphatic carbocycles. The van der Waals surface area contributed by atoms with Gasteiger partial charge in [-0.25, -0.2) is 4.98 Å². The Morgan fingerprint density at radius 3 is 2.86 bits per heavy atom. The summed E-state index contributed by atoms with van der Waals surface area (Å²) in [6, 6.07) is 13.4. The lowest BCUT2D eigenvalue weighted by Gasteiger charge is -2.03. The maximum atomic E-state index is 12.5. The first-order valence-corrected chi connectivity index (χ1v) is 8.61. The van der Waals surface area contributed by atoms with Crippen LogP contribution in [0.2, 0.25) is 5.02 Å². The molecule has 108 valence electrons. The van der Waals surface area contributed by atoms with Crippen LogP contribution in [0, 0.1) is 0 Å². The molecule has 0 atom stereocenters. The Morgan fingerprint density at radius 2 is 2.00 bits per heavy atom. The summed E-state index contributed by atoms with van der Waals surface area (Å²) in [5.74, 6) is -0.194. The number of aromatic nitrogens is 1. The molecule has 4 aromatic rings. The summed E-state index contributed by atoms with van der Waals surface area (Å²) in [5, 5.41) is 4.31. The largest absolute Gasteiger partial charge is 0.321 e. The molecule has 2 heterocycles. The van der Waals surface area contributed by atoms with Gasteiger partial charge in [-0.05, 0) is 24.3 Å². The van der Waals surface area contributed by atoms with E-state index < -0.39 is 0 Å². The quantitative estimate of drug-likeness (QED) is 0.527. The summed E-state index contributed by atoms with van der Waals surface area (Å²) in [6.45, 7) is 0. The lowest BCUT2D eigenvalue weighted by Crippen LogP contribution is -2.10. The zero-order chi connectivity index (χ0) is 15.1. The van der Waals surface area contributed by atoms with E-state index in [0.29, 0.717) is 9.90 Å². The number of thiazole rings is 1. The van der Waals surface area contributed by atoms with Crippen LogP contribution in [0.1, 0.15) is 9.67 Å². The predicted octanol–water partition coefficient (Wildman–Crippen LogP) is 5.42. The fourth-order valence-corrected chi connectivity index (χ4v) is 4.35. The highest BCUT2D eigenvalue weighted by Gasteiger charge is 2.17. The number of nitrogens with one attached hydrogen (secondary N) is 1. The molecule has 0 unspecified atom stereocenters. The number of anilines is 1. The van der Waals surface area contributed by atoms with Gasteiger partial charge in [0.2, 0.25) is 0 Å². The Morgan fingerprint density at radius 1 is 1.14 bits per heavy atom. The third-order valence-corrected chi connectivity index (χ3v) is 5.81. The fraction of sp³-hybridized carbons (Fsp3) is 0. The number of amides is 1. The molecule has 0 saturated carbocycles. The molecule has 6 heteroatoms. The van der Waals surface area contributed by atoms with Gasteiger partial charge in [0.15, 0.2) is 0 Å². The van der Waals surface area contributed by atoms with Crippen LogP contribution in [0.15, 0.2) is 48.0 Å². The van der Waals surface area contributed by atoms with E-state index in [1.165, 1.54) is 11.3 Å². The van der Waals surface area contributed by atoms with Crippen molar-refractivity contribution in [2.24, 2.45) is 0 Å². The van der Waals surface area contributed by atoms with Gasteiger partial charge in [-0.2, -0.15) is 0 Å². The maximum absolute atomic E-state index is 12.5. The molecule has 0 bridgehead atoms. The number of halogens is 1. The van der Waals surface area contributed by atoms with Crippen molar-refractivity contribution in [2.75, 3.05) is 5.32 Å². The molecule has 2 aromatic heterocycles. The predicted molar refractivity (Wildman–Crippen MR) is 94.4 cm³/mol. The van der Waals surface area contributed by atoms with Gasteiger partial charge >= 0.3 is 0 Å². The molecule has 2 aromatic carbocycles. The Labute approximate surface area is 139 Å². The van der Waals surface area contributed by atoms with E-state index in [0.717, 1.165) is 26.0 Å². The maximum Gasteiger partial charge on any atom is 0.267 e. The van der Waals surface area contributed by atoms with Crippen LogP contribution in [0.4, 0.5) is 5.69 Å². The van der Waals surface area contributed by atoms with Gasteiger partial charge in [0.05, 0.1) is 20.7 Å². The normalized spacial score (nSPS) is 11.1. The Bertz CT molecular complexity index is 1010. The monoisotopic (exact) mass is 344 g/mol. The van der Waals surface area contributed by atoms with E-state index in [1.54, 1.807) is 16.8 Å². The van der Waals surface area contributed by atoms with Crippen LogP contribution in [0.3, 0.4) is 0 Å². The second-order valence-electron chi connectivity index (χ2n) is 4.73. The second-order valence-corrected chi connectivity index (χ2v) is 7.05. The molecule has 3 nitrogen and oxygen atoms in total. The minimum atomic E-state index is -0.194. The summed E-state index contributed by atoms with van der Waals surface area (Å²) in [6.07, 6.45) is 0. The third-order valence-electron chi connectivity index (χ3n) is 3.33. The number of carbonyl (C=O) groups is 1. The average molecular weight is 345 g/mol. The summed E-state index contributed by atoms with van der Waals surface area (Å²) in [4.78, 5) is 17.3. The minimum absolute atomic E-state index is 0.194. The van der Waals surface area contributed by atoms with Crippen molar-refractivity contribution in [1.82, 2.24) is 4.98 Å². The molecule has 1 amide bonds. The Hall–Kier alpha value is -1.95. The van der Waals surface area contributed by atoms with Gasteiger partial charge < -0.3 is 5.32 Å². The van der Waals surface area contributed by atoms with Crippen LogP contribution in [-0.2, 0) is 0 Å². The number of benzene rings is 2. The zero-order valence-corrected chi connectivity index (χ0v) is 13.6. The second kappa shape index (κ2) is 5.35. The number of thiophene rings is 1. The molecule has 1 N–H and O–H groups in total. The van der Waals surface area contributed by atoms with Gasteiger partial charge in [0.1, 0.15) is 4.88 Å². The third kappa shape index (κ3) is 2.27. The van der Waals surface area contributed by atoms with Gasteiger partial charge in [-0.3, -0.25) is 4.79 Å². The molecule has 22 heavy (non-hydrogen) atoms. The standard InChI is InChI=1S/C16H9ClN2OS2/c17-14-10-3-1-2-4-12(10)22-15(14)16(20)19-9-5-6-13-11(7-9)18-8-21-13/h1-8H,(H,19,20). The molecule has 4 rings (SSSR count). The smallest absolute Gasteiger partial charge is 0.267 e. The number of fused-ring (bicyclic) bond motifs is 2. The molecule has 0 spiro atoms. The highest BCUT2D eigenvalue weighted by atomic mass is 35.5. The van der Waals surface area contributed by atoms with Crippen LogP contribution >= 0.6 is 34.3 Å². The van der Waals surface area contributed by atoms with E-state index in [1.807, 2.05) is 42.5 Å². The van der Waals surface area contributed by atoms with Crippen molar-refractivity contribution in [3.05, 3.63) is 57.9 Å². The Balaban J connectivity index is 1.69. The topological polar surface area (TPSA) is 42.0 Å². The summed E-state index contributed by atoms with van der Waals surface area (Å²) in [5.41, 5.74) is 3.39. The molecular weight excluding hydrogens is 336 g/mol. The minimum Gasteiger partial charge on any atom is -0.321 e. The van der Waals surface area contributed by atoms with Crippen LogP contribution in [0.25, 0.3) is 20.3 Å². The molecule has 0 saturated heterocycles. The van der Waals surface area contributed by atoms with Crippen molar-refractivity contribution < 1.29 is 4.79 Å². The van der Waals surface area contributed by atoms with Gasteiger partial charge in [-0.15, -0.1) is 22.7 Å². The van der Waals surface area contributed by atoms with E-state index >= 15 is 0 Å². The van der Waals surface area contributed by atoms with Gasteiger partial charge in [0.25, 0.3) is 5.91 Å². The summed E-state index contributed by atoms with van der Waals surface area (Å²) >= 11 is 9.31. The first-order valence-electron chi connectivity index (χ1n) is 6.54. The number of hydrogen-bond acceptors (Lipinski definition) is 4. The Kier molecular flexibility index (Phi) is 3.33. The lowest BCUT2D eigenvalue weighted by molar-refractivity contribution is 0.103. The fourth-order valence-electron chi connectivity index (χ4n) is 2.28.